The third-order valence-corrected chi connectivity index (χ3v) is 3.26. The maximum Gasteiger partial charge on any atom is 0.273 e. The summed E-state index contributed by atoms with van der Waals surface area (Å²) in [6, 6.07) is 10.0. The number of carbonyl (C=O) groups is 1. The molecule has 0 spiro atoms. The van der Waals surface area contributed by atoms with Crippen molar-refractivity contribution in [3.63, 3.8) is 0 Å². The van der Waals surface area contributed by atoms with E-state index in [1.165, 1.54) is 30.3 Å². The second-order valence-electron chi connectivity index (χ2n) is 4.11. The summed E-state index contributed by atoms with van der Waals surface area (Å²) in [5.74, 6) is -1.15. The second kappa shape index (κ2) is 5.92. The molecule has 102 valence electrons. The van der Waals surface area contributed by atoms with E-state index in [0.29, 0.717) is 4.47 Å². The summed E-state index contributed by atoms with van der Waals surface area (Å²) in [7, 11) is 0. The molecule has 0 aromatic heterocycles. The Morgan fingerprint density at radius 1 is 1.25 bits per heavy atom. The monoisotopic (exact) mass is 337 g/mol. The Morgan fingerprint density at radius 2 is 1.95 bits per heavy atom. The van der Waals surface area contributed by atoms with Gasteiger partial charge in [-0.05, 0) is 18.2 Å². The Kier molecular flexibility index (Phi) is 4.24. The van der Waals surface area contributed by atoms with Crippen molar-refractivity contribution in [2.45, 2.75) is 6.42 Å². The van der Waals surface area contributed by atoms with Gasteiger partial charge in [-0.25, -0.2) is 4.39 Å². The average molecular weight is 338 g/mol. The standard InChI is InChI=1S/C14H9BrFNO3/c15-10-5-6-11(12(16)8-10)14(18)7-9-3-1-2-4-13(9)17(19)20/h1-6,8H,7H2. The molecule has 0 atom stereocenters. The molecule has 0 fully saturated rings. The van der Waals surface area contributed by atoms with E-state index >= 15 is 0 Å². The Bertz CT molecular complexity index is 688. The Labute approximate surface area is 122 Å². The molecule has 0 saturated heterocycles. The first-order valence-corrected chi connectivity index (χ1v) is 6.49. The van der Waals surface area contributed by atoms with Crippen molar-refractivity contribution in [1.29, 1.82) is 0 Å². The molecule has 2 aromatic carbocycles. The van der Waals surface area contributed by atoms with E-state index in [9.17, 15) is 19.3 Å². The lowest BCUT2D eigenvalue weighted by Crippen LogP contribution is -2.08. The molecule has 0 bridgehead atoms. The fourth-order valence-electron chi connectivity index (χ4n) is 1.82. The summed E-state index contributed by atoms with van der Waals surface area (Å²) >= 11 is 3.10. The Hall–Kier alpha value is -2.08. The van der Waals surface area contributed by atoms with Gasteiger partial charge in [-0.2, -0.15) is 0 Å². The fraction of sp³-hybridized carbons (Fsp3) is 0.0714. The summed E-state index contributed by atoms with van der Waals surface area (Å²) in [4.78, 5) is 22.4. The van der Waals surface area contributed by atoms with Gasteiger partial charge < -0.3 is 0 Å². The van der Waals surface area contributed by atoms with Gasteiger partial charge in [-0.3, -0.25) is 14.9 Å². The van der Waals surface area contributed by atoms with Crippen LogP contribution in [0.25, 0.3) is 0 Å². The van der Waals surface area contributed by atoms with Gasteiger partial charge in [0.15, 0.2) is 5.78 Å². The van der Waals surface area contributed by atoms with Crippen LogP contribution < -0.4 is 0 Å². The molecule has 0 N–H and O–H groups in total. The number of ketones is 1. The molecule has 0 aliphatic carbocycles. The smallest absolute Gasteiger partial charge is 0.273 e. The molecule has 4 nitrogen and oxygen atoms in total. The SMILES string of the molecule is O=C(Cc1ccccc1[N+](=O)[O-])c1ccc(Br)cc1F. The van der Waals surface area contributed by atoms with Crippen molar-refractivity contribution in [3.8, 4) is 0 Å². The van der Waals surface area contributed by atoms with Crippen molar-refractivity contribution < 1.29 is 14.1 Å². The topological polar surface area (TPSA) is 60.2 Å². The number of hydrogen-bond donors (Lipinski definition) is 0. The molecule has 2 rings (SSSR count). The molecule has 0 radical (unpaired) electrons. The van der Waals surface area contributed by atoms with E-state index in [1.807, 2.05) is 0 Å². The van der Waals surface area contributed by atoms with Gasteiger partial charge in [-0.1, -0.05) is 34.1 Å². The van der Waals surface area contributed by atoms with Crippen LogP contribution in [-0.2, 0) is 6.42 Å². The van der Waals surface area contributed by atoms with Crippen molar-refractivity contribution in [1.82, 2.24) is 0 Å². The zero-order valence-corrected chi connectivity index (χ0v) is 11.8. The molecule has 0 unspecified atom stereocenters. The molecular weight excluding hydrogens is 329 g/mol. The zero-order chi connectivity index (χ0) is 14.7. The number of rotatable bonds is 4. The van der Waals surface area contributed by atoms with Crippen molar-refractivity contribution >= 4 is 27.4 Å². The lowest BCUT2D eigenvalue weighted by atomic mass is 10.0. The summed E-state index contributed by atoms with van der Waals surface area (Å²) in [5.41, 5.74) is 0.0505. The first kappa shape index (κ1) is 14.3. The third-order valence-electron chi connectivity index (χ3n) is 2.77. The minimum atomic E-state index is -0.650. The largest absolute Gasteiger partial charge is 0.294 e. The predicted octanol–water partition coefficient (Wildman–Crippen LogP) is 3.92. The number of hydrogen-bond acceptors (Lipinski definition) is 3. The van der Waals surface area contributed by atoms with Crippen LogP contribution in [-0.4, -0.2) is 10.7 Å². The van der Waals surface area contributed by atoms with E-state index in [4.69, 9.17) is 0 Å². The molecule has 0 amide bonds. The molecule has 0 aliphatic rings. The maximum atomic E-state index is 13.7. The highest BCUT2D eigenvalue weighted by Crippen LogP contribution is 2.21. The Morgan fingerprint density at radius 3 is 2.60 bits per heavy atom. The van der Waals surface area contributed by atoms with Gasteiger partial charge >= 0.3 is 0 Å². The molecule has 6 heteroatoms. The molecular formula is C14H9BrFNO3. The summed E-state index contributed by atoms with van der Waals surface area (Å²) < 4.78 is 14.2. The highest BCUT2D eigenvalue weighted by atomic mass is 79.9. The predicted molar refractivity (Wildman–Crippen MR) is 75.2 cm³/mol. The van der Waals surface area contributed by atoms with Gasteiger partial charge in [-0.15, -0.1) is 0 Å². The number of nitro groups is 1. The highest BCUT2D eigenvalue weighted by molar-refractivity contribution is 9.10. The molecule has 0 heterocycles. The summed E-state index contributed by atoms with van der Waals surface area (Å²) in [6.45, 7) is 0. The lowest BCUT2D eigenvalue weighted by Gasteiger charge is -2.04. The highest BCUT2D eigenvalue weighted by Gasteiger charge is 2.18. The van der Waals surface area contributed by atoms with Crippen LogP contribution >= 0.6 is 15.9 Å². The van der Waals surface area contributed by atoms with Crippen LogP contribution in [0.3, 0.4) is 0 Å². The van der Waals surface area contributed by atoms with E-state index in [1.54, 1.807) is 12.1 Å². The minimum Gasteiger partial charge on any atom is -0.294 e. The molecule has 2 aromatic rings. The average Bonchev–Trinajstić information content (AvgIpc) is 2.38. The number of carbonyl (C=O) groups excluding carboxylic acids is 1. The first-order chi connectivity index (χ1) is 9.49. The minimum absolute atomic E-state index is 0.0775. The number of Topliss-reactive ketones (excluding diaryl/α,β-unsaturated/α-hetero) is 1. The normalized spacial score (nSPS) is 10.3. The molecule has 20 heavy (non-hydrogen) atoms. The Balaban J connectivity index is 2.30. The van der Waals surface area contributed by atoms with Gasteiger partial charge in [0.2, 0.25) is 0 Å². The maximum absolute atomic E-state index is 13.7. The van der Waals surface area contributed by atoms with Gasteiger partial charge in [0.05, 0.1) is 10.5 Å². The van der Waals surface area contributed by atoms with Gasteiger partial charge in [0, 0.05) is 22.5 Å². The van der Waals surface area contributed by atoms with E-state index in [0.717, 1.165) is 0 Å². The van der Waals surface area contributed by atoms with Crippen molar-refractivity contribution in [2.75, 3.05) is 0 Å². The number of para-hydroxylation sites is 1. The van der Waals surface area contributed by atoms with Crippen molar-refractivity contribution in [2.24, 2.45) is 0 Å². The number of benzene rings is 2. The quantitative estimate of drug-likeness (QED) is 0.482. The first-order valence-electron chi connectivity index (χ1n) is 5.69. The van der Waals surface area contributed by atoms with Crippen molar-refractivity contribution in [3.05, 3.63) is 74.0 Å². The van der Waals surface area contributed by atoms with Crippen LogP contribution in [0.2, 0.25) is 0 Å². The van der Waals surface area contributed by atoms with Crippen LogP contribution in [0.4, 0.5) is 10.1 Å². The lowest BCUT2D eigenvalue weighted by molar-refractivity contribution is -0.385. The number of halogens is 2. The molecule has 0 saturated carbocycles. The van der Waals surface area contributed by atoms with Gasteiger partial charge in [0.1, 0.15) is 5.82 Å². The van der Waals surface area contributed by atoms with Gasteiger partial charge in [0.25, 0.3) is 5.69 Å². The molecule has 0 aliphatic heterocycles. The van der Waals surface area contributed by atoms with Crippen LogP contribution in [0.15, 0.2) is 46.9 Å². The van der Waals surface area contributed by atoms with E-state index in [2.05, 4.69) is 15.9 Å². The number of nitro benzene ring substituents is 1. The van der Waals surface area contributed by atoms with Crippen LogP contribution in [0.5, 0.6) is 0 Å². The second-order valence-corrected chi connectivity index (χ2v) is 5.03. The van der Waals surface area contributed by atoms with E-state index in [-0.39, 0.29) is 23.2 Å². The van der Waals surface area contributed by atoms with Crippen LogP contribution in [0.1, 0.15) is 15.9 Å². The number of nitrogens with zero attached hydrogens (tertiary/aromatic N) is 1. The zero-order valence-electron chi connectivity index (χ0n) is 10.2. The van der Waals surface area contributed by atoms with Crippen LogP contribution in [0, 0.1) is 15.9 Å². The fourth-order valence-corrected chi connectivity index (χ4v) is 2.16. The van der Waals surface area contributed by atoms with E-state index < -0.39 is 16.5 Å². The summed E-state index contributed by atoms with van der Waals surface area (Å²) in [5, 5.41) is 10.9. The summed E-state index contributed by atoms with van der Waals surface area (Å²) in [6.07, 6.45) is -0.213. The third kappa shape index (κ3) is 3.08.